The number of sulfonamides is 2. The van der Waals surface area contributed by atoms with Gasteiger partial charge in [0.15, 0.2) is 0 Å². The summed E-state index contributed by atoms with van der Waals surface area (Å²) in [6.07, 6.45) is 0. The van der Waals surface area contributed by atoms with Gasteiger partial charge in [-0.3, -0.25) is 0 Å². The smallest absolute Gasteiger partial charge is 0.254 e. The third-order valence-corrected chi connectivity index (χ3v) is 9.08. The van der Waals surface area contributed by atoms with E-state index in [9.17, 15) is 16.8 Å². The van der Waals surface area contributed by atoms with E-state index in [0.29, 0.717) is 22.3 Å². The summed E-state index contributed by atoms with van der Waals surface area (Å²) in [6, 6.07) is 10.5. The standard InChI is InChI=1S/C24H34NO4S2/c1-15(2)19-11-9-12-20(16(3)4)23(19)30(26,27)25-31(28,29)24-21(17(5)6)13-10-14-22(24)18(7)8/h9-18,25H,1H2,2-8H3/q-1. The fourth-order valence-corrected chi connectivity index (χ4v) is 7.99. The summed E-state index contributed by atoms with van der Waals surface area (Å²) in [4.78, 5) is 0.0547. The van der Waals surface area contributed by atoms with Gasteiger partial charge in [0.25, 0.3) is 20.0 Å². The zero-order valence-corrected chi connectivity index (χ0v) is 21.1. The highest BCUT2D eigenvalue weighted by Gasteiger charge is 2.33. The number of hydrogen-bond donors (Lipinski definition) is 1. The van der Waals surface area contributed by atoms with Gasteiger partial charge in [-0.2, -0.15) is 0 Å². The molecule has 0 amide bonds. The molecule has 1 N–H and O–H groups in total. The van der Waals surface area contributed by atoms with Crippen molar-refractivity contribution in [3.8, 4) is 0 Å². The Bertz CT molecular complexity index is 1000. The van der Waals surface area contributed by atoms with E-state index >= 15 is 0 Å². The van der Waals surface area contributed by atoms with Crippen molar-refractivity contribution >= 4 is 20.0 Å². The summed E-state index contributed by atoms with van der Waals surface area (Å²) in [7, 11) is -8.74. The van der Waals surface area contributed by atoms with Gasteiger partial charge in [-0.25, -0.2) is 16.8 Å². The van der Waals surface area contributed by atoms with Crippen LogP contribution in [0.1, 0.15) is 94.4 Å². The van der Waals surface area contributed by atoms with Crippen molar-refractivity contribution in [1.29, 1.82) is 0 Å². The molecule has 2 aromatic rings. The van der Waals surface area contributed by atoms with Crippen LogP contribution >= 0.6 is 0 Å². The van der Waals surface area contributed by atoms with Gasteiger partial charge < -0.3 is 6.92 Å². The molecule has 0 bridgehead atoms. The van der Waals surface area contributed by atoms with Crippen molar-refractivity contribution in [2.75, 3.05) is 0 Å². The van der Waals surface area contributed by atoms with Crippen molar-refractivity contribution in [2.45, 2.75) is 81.9 Å². The zero-order valence-electron chi connectivity index (χ0n) is 19.4. The lowest BCUT2D eigenvalue weighted by Gasteiger charge is -2.24. The first-order chi connectivity index (χ1) is 14.2. The van der Waals surface area contributed by atoms with Crippen LogP contribution in [0.3, 0.4) is 0 Å². The van der Waals surface area contributed by atoms with E-state index < -0.39 is 20.0 Å². The molecule has 2 rings (SSSR count). The minimum Gasteiger partial charge on any atom is -0.336 e. The summed E-state index contributed by atoms with van der Waals surface area (Å²) in [6.45, 7) is 17.1. The van der Waals surface area contributed by atoms with Crippen molar-refractivity contribution in [3.63, 3.8) is 0 Å². The molecule has 0 aliphatic carbocycles. The SMILES string of the molecule is [CH2-]C(C)c1cccc(C(C)C)c1S(=O)(=O)NS(=O)(=O)c1c(C(C)C)cccc1C(C)C. The van der Waals surface area contributed by atoms with Crippen molar-refractivity contribution in [1.82, 2.24) is 4.13 Å². The monoisotopic (exact) mass is 464 g/mol. The Balaban J connectivity index is 2.76. The maximum atomic E-state index is 13.5. The van der Waals surface area contributed by atoms with Crippen LogP contribution in [0.15, 0.2) is 46.2 Å². The second-order valence-corrected chi connectivity index (χ2v) is 12.5. The Morgan fingerprint density at radius 1 is 0.613 bits per heavy atom. The highest BCUT2D eigenvalue weighted by Crippen LogP contribution is 2.34. The highest BCUT2D eigenvalue weighted by molar-refractivity contribution is 8.04. The van der Waals surface area contributed by atoms with E-state index in [1.165, 1.54) is 0 Å². The molecule has 0 saturated heterocycles. The quantitative estimate of drug-likeness (QED) is 0.511. The van der Waals surface area contributed by atoms with Gasteiger partial charge in [-0.1, -0.05) is 90.4 Å². The number of nitrogens with one attached hydrogen (secondary N) is 1. The number of hydrogen-bond acceptors (Lipinski definition) is 4. The summed E-state index contributed by atoms with van der Waals surface area (Å²) in [5, 5.41) is 0. The van der Waals surface area contributed by atoms with Crippen LogP contribution in [0.4, 0.5) is 0 Å². The topological polar surface area (TPSA) is 80.3 Å². The molecule has 1 atom stereocenters. The van der Waals surface area contributed by atoms with Crippen LogP contribution in [-0.4, -0.2) is 16.8 Å². The van der Waals surface area contributed by atoms with Gasteiger partial charge in [0.1, 0.15) is 0 Å². The molecule has 0 heterocycles. The number of rotatable bonds is 8. The molecule has 0 aliphatic rings. The largest absolute Gasteiger partial charge is 0.336 e. The Morgan fingerprint density at radius 2 is 0.903 bits per heavy atom. The lowest BCUT2D eigenvalue weighted by molar-refractivity contribution is 0.571. The van der Waals surface area contributed by atoms with Gasteiger partial charge in [0.2, 0.25) is 0 Å². The molecule has 1 unspecified atom stereocenters. The first-order valence-corrected chi connectivity index (χ1v) is 13.5. The molecule has 31 heavy (non-hydrogen) atoms. The van der Waals surface area contributed by atoms with E-state index in [1.807, 2.05) is 47.6 Å². The average Bonchev–Trinajstić information content (AvgIpc) is 2.65. The summed E-state index contributed by atoms with van der Waals surface area (Å²) >= 11 is 0. The summed E-state index contributed by atoms with van der Waals surface area (Å²) < 4.78 is 56.2. The normalized spacial score (nSPS) is 13.9. The minimum atomic E-state index is -4.38. The van der Waals surface area contributed by atoms with Gasteiger partial charge in [0.05, 0.1) is 9.79 Å². The van der Waals surface area contributed by atoms with Gasteiger partial charge in [0, 0.05) is 0 Å². The second-order valence-electron chi connectivity index (χ2n) is 8.99. The van der Waals surface area contributed by atoms with E-state index in [1.54, 1.807) is 37.3 Å². The fraction of sp³-hybridized carbons (Fsp3) is 0.458. The Hall–Kier alpha value is -1.70. The van der Waals surface area contributed by atoms with Gasteiger partial charge in [-0.15, -0.1) is 10.0 Å². The zero-order chi connectivity index (χ0) is 23.7. The molecule has 172 valence electrons. The lowest BCUT2D eigenvalue weighted by atomic mass is 9.95. The molecule has 2 aromatic carbocycles. The van der Waals surface area contributed by atoms with E-state index in [2.05, 4.69) is 11.1 Å². The molecule has 0 fully saturated rings. The summed E-state index contributed by atoms with van der Waals surface area (Å²) in [5.74, 6) is -0.623. The predicted octanol–water partition coefficient (Wildman–Crippen LogP) is 5.66. The predicted molar refractivity (Wildman–Crippen MR) is 126 cm³/mol. The highest BCUT2D eigenvalue weighted by atomic mass is 32.3. The van der Waals surface area contributed by atoms with Crippen LogP contribution in [-0.2, 0) is 20.0 Å². The van der Waals surface area contributed by atoms with E-state index in [4.69, 9.17) is 0 Å². The van der Waals surface area contributed by atoms with Crippen molar-refractivity contribution in [2.24, 2.45) is 0 Å². The van der Waals surface area contributed by atoms with Gasteiger partial charge in [-0.05, 0) is 34.4 Å². The molecular formula is C24H34NO4S2-. The molecule has 5 nitrogen and oxygen atoms in total. The van der Waals surface area contributed by atoms with Crippen LogP contribution in [0.25, 0.3) is 0 Å². The first-order valence-electron chi connectivity index (χ1n) is 10.6. The lowest BCUT2D eigenvalue weighted by Crippen LogP contribution is -2.33. The van der Waals surface area contributed by atoms with E-state index in [-0.39, 0.29) is 33.5 Å². The fourth-order valence-electron chi connectivity index (χ4n) is 3.75. The molecule has 0 spiro atoms. The van der Waals surface area contributed by atoms with E-state index in [0.717, 1.165) is 0 Å². The van der Waals surface area contributed by atoms with Crippen LogP contribution in [0, 0.1) is 6.92 Å². The maximum absolute atomic E-state index is 13.5. The molecular weight excluding hydrogens is 430 g/mol. The third-order valence-electron chi connectivity index (χ3n) is 5.31. The Kier molecular flexibility index (Phi) is 7.77. The van der Waals surface area contributed by atoms with Crippen LogP contribution in [0.2, 0.25) is 0 Å². The van der Waals surface area contributed by atoms with Crippen LogP contribution < -0.4 is 4.13 Å². The Morgan fingerprint density at radius 3 is 1.19 bits per heavy atom. The molecule has 0 saturated carbocycles. The maximum Gasteiger partial charge on any atom is 0.254 e. The van der Waals surface area contributed by atoms with Gasteiger partial charge >= 0.3 is 0 Å². The van der Waals surface area contributed by atoms with Crippen molar-refractivity contribution < 1.29 is 16.8 Å². The molecule has 0 radical (unpaired) electrons. The minimum absolute atomic E-state index is 0.00389. The first kappa shape index (κ1) is 25.6. The molecule has 0 aliphatic heterocycles. The van der Waals surface area contributed by atoms with Crippen LogP contribution in [0.5, 0.6) is 0 Å². The second kappa shape index (κ2) is 9.43. The van der Waals surface area contributed by atoms with Crippen molar-refractivity contribution in [3.05, 3.63) is 65.6 Å². The molecule has 7 heteroatoms. The summed E-state index contributed by atoms with van der Waals surface area (Å²) in [5.41, 5.74) is 2.25. The molecule has 0 aromatic heterocycles. The third kappa shape index (κ3) is 5.38. The Labute approximate surface area is 188 Å². The number of benzene rings is 2. The average molecular weight is 465 g/mol.